The number of nitrogens with one attached hydrogen (secondary N) is 1. The Kier molecular flexibility index (Phi) is 4.15. The molecule has 0 unspecified atom stereocenters. The van der Waals surface area contributed by atoms with Gasteiger partial charge in [-0.2, -0.15) is 0 Å². The number of carbonyl (C=O) groups is 1. The van der Waals surface area contributed by atoms with Gasteiger partial charge in [-0.15, -0.1) is 0 Å². The van der Waals surface area contributed by atoms with Crippen LogP contribution in [0, 0.1) is 5.82 Å². The van der Waals surface area contributed by atoms with E-state index in [-0.39, 0.29) is 21.2 Å². The fourth-order valence-corrected chi connectivity index (χ4v) is 2.85. The standard InChI is InChI=1S/C13H9ClFNO4S/c14-8-1-6-12(11(7-8)13(17)18)16-21(19,20)10-4-2-9(15)3-5-10/h1-7,16H,(H,17,18). The number of carboxylic acids is 1. The van der Waals surface area contributed by atoms with Crippen LogP contribution in [0.4, 0.5) is 10.1 Å². The minimum Gasteiger partial charge on any atom is -0.478 e. The van der Waals surface area contributed by atoms with Gasteiger partial charge in [-0.1, -0.05) is 11.6 Å². The normalized spacial score (nSPS) is 11.1. The second-order valence-corrected chi connectivity index (χ2v) is 6.17. The van der Waals surface area contributed by atoms with E-state index in [9.17, 15) is 17.6 Å². The monoisotopic (exact) mass is 329 g/mol. The van der Waals surface area contributed by atoms with Crippen LogP contribution in [0.25, 0.3) is 0 Å². The molecule has 0 aliphatic rings. The van der Waals surface area contributed by atoms with Crippen molar-refractivity contribution in [1.82, 2.24) is 0 Å². The first-order chi connectivity index (χ1) is 9.79. The van der Waals surface area contributed by atoms with Gasteiger partial charge < -0.3 is 5.11 Å². The third kappa shape index (κ3) is 3.50. The second-order valence-electron chi connectivity index (χ2n) is 4.05. The molecule has 2 aromatic rings. The quantitative estimate of drug-likeness (QED) is 0.903. The maximum Gasteiger partial charge on any atom is 0.337 e. The Labute approximate surface area is 125 Å². The fourth-order valence-electron chi connectivity index (χ4n) is 1.60. The summed E-state index contributed by atoms with van der Waals surface area (Å²) >= 11 is 5.68. The number of hydrogen-bond donors (Lipinski definition) is 2. The Morgan fingerprint density at radius 2 is 1.76 bits per heavy atom. The molecule has 8 heteroatoms. The maximum atomic E-state index is 12.8. The van der Waals surface area contributed by atoms with Crippen LogP contribution in [0.2, 0.25) is 5.02 Å². The first kappa shape index (κ1) is 15.3. The minimum absolute atomic E-state index is 0.128. The van der Waals surface area contributed by atoms with E-state index in [1.165, 1.54) is 12.1 Å². The molecule has 0 fully saturated rings. The van der Waals surface area contributed by atoms with E-state index in [1.54, 1.807) is 0 Å². The molecule has 0 saturated carbocycles. The van der Waals surface area contributed by atoms with E-state index >= 15 is 0 Å². The summed E-state index contributed by atoms with van der Waals surface area (Å²) in [6, 6.07) is 7.88. The molecule has 110 valence electrons. The van der Waals surface area contributed by atoms with Gasteiger partial charge in [-0.05, 0) is 42.5 Å². The molecule has 0 aliphatic carbocycles. The van der Waals surface area contributed by atoms with E-state index in [0.29, 0.717) is 0 Å². The lowest BCUT2D eigenvalue weighted by atomic mass is 10.2. The lowest BCUT2D eigenvalue weighted by Crippen LogP contribution is -2.15. The van der Waals surface area contributed by atoms with Gasteiger partial charge in [0.2, 0.25) is 0 Å². The van der Waals surface area contributed by atoms with Crippen molar-refractivity contribution in [2.24, 2.45) is 0 Å². The Balaban J connectivity index is 2.41. The van der Waals surface area contributed by atoms with Crippen LogP contribution in [0.15, 0.2) is 47.4 Å². The molecule has 2 N–H and O–H groups in total. The third-order valence-electron chi connectivity index (χ3n) is 2.58. The van der Waals surface area contributed by atoms with Gasteiger partial charge in [0.15, 0.2) is 0 Å². The molecule has 2 aromatic carbocycles. The van der Waals surface area contributed by atoms with Crippen molar-refractivity contribution in [2.45, 2.75) is 4.90 Å². The van der Waals surface area contributed by atoms with Crippen LogP contribution in [-0.2, 0) is 10.0 Å². The Bertz CT molecular complexity index is 790. The molecule has 2 rings (SSSR count). The fraction of sp³-hybridized carbons (Fsp3) is 0. The molecule has 0 aromatic heterocycles. The Hall–Kier alpha value is -2.12. The zero-order chi connectivity index (χ0) is 15.6. The summed E-state index contributed by atoms with van der Waals surface area (Å²) in [5, 5.41) is 9.21. The minimum atomic E-state index is -4.02. The molecular formula is C13H9ClFNO4S. The van der Waals surface area contributed by atoms with Gasteiger partial charge in [-0.25, -0.2) is 17.6 Å². The van der Waals surface area contributed by atoms with Crippen LogP contribution < -0.4 is 4.72 Å². The molecule has 0 saturated heterocycles. The van der Waals surface area contributed by atoms with Gasteiger partial charge in [0.05, 0.1) is 16.1 Å². The predicted molar refractivity (Wildman–Crippen MR) is 75.6 cm³/mol. The average Bonchev–Trinajstić information content (AvgIpc) is 2.41. The number of carboxylic acid groups (broad SMARTS) is 1. The Morgan fingerprint density at radius 1 is 1.14 bits per heavy atom. The molecule has 0 heterocycles. The lowest BCUT2D eigenvalue weighted by Gasteiger charge is -2.10. The first-order valence-corrected chi connectivity index (χ1v) is 7.47. The molecule has 21 heavy (non-hydrogen) atoms. The predicted octanol–water partition coefficient (Wildman–Crippen LogP) is 2.98. The van der Waals surface area contributed by atoms with E-state index in [2.05, 4.69) is 4.72 Å². The number of sulfonamides is 1. The highest BCUT2D eigenvalue weighted by Gasteiger charge is 2.18. The summed E-state index contributed by atoms with van der Waals surface area (Å²) in [5.74, 6) is -1.90. The van der Waals surface area contributed by atoms with Crippen LogP contribution in [0.5, 0.6) is 0 Å². The zero-order valence-electron chi connectivity index (χ0n) is 10.4. The van der Waals surface area contributed by atoms with Gasteiger partial charge in [0.1, 0.15) is 5.82 Å². The van der Waals surface area contributed by atoms with E-state index in [0.717, 1.165) is 30.3 Å². The summed E-state index contributed by atoms with van der Waals surface area (Å²) in [7, 11) is -4.02. The smallest absolute Gasteiger partial charge is 0.337 e. The highest BCUT2D eigenvalue weighted by atomic mass is 35.5. The molecule has 0 amide bonds. The summed E-state index contributed by atoms with van der Waals surface area (Å²) in [6.07, 6.45) is 0. The molecule has 0 radical (unpaired) electrons. The number of halogens is 2. The van der Waals surface area contributed by atoms with E-state index < -0.39 is 21.8 Å². The highest BCUT2D eigenvalue weighted by Crippen LogP contribution is 2.23. The maximum absolute atomic E-state index is 12.8. The van der Waals surface area contributed by atoms with Crippen molar-refractivity contribution in [3.05, 3.63) is 58.9 Å². The van der Waals surface area contributed by atoms with Crippen molar-refractivity contribution in [3.63, 3.8) is 0 Å². The molecule has 5 nitrogen and oxygen atoms in total. The largest absolute Gasteiger partial charge is 0.478 e. The molecule has 0 atom stereocenters. The zero-order valence-corrected chi connectivity index (χ0v) is 12.0. The number of aromatic carboxylic acids is 1. The van der Waals surface area contributed by atoms with Crippen molar-refractivity contribution in [1.29, 1.82) is 0 Å². The number of rotatable bonds is 4. The molecule has 0 bridgehead atoms. The van der Waals surface area contributed by atoms with Crippen LogP contribution in [-0.4, -0.2) is 19.5 Å². The lowest BCUT2D eigenvalue weighted by molar-refractivity contribution is 0.0698. The molecular weight excluding hydrogens is 321 g/mol. The van der Waals surface area contributed by atoms with E-state index in [1.807, 2.05) is 0 Å². The Morgan fingerprint density at radius 3 is 2.33 bits per heavy atom. The van der Waals surface area contributed by atoms with Gasteiger partial charge in [0.25, 0.3) is 10.0 Å². The second kappa shape index (κ2) is 5.71. The molecule has 0 aliphatic heterocycles. The van der Waals surface area contributed by atoms with Crippen LogP contribution in [0.3, 0.4) is 0 Å². The van der Waals surface area contributed by atoms with Gasteiger partial charge >= 0.3 is 5.97 Å². The average molecular weight is 330 g/mol. The third-order valence-corrected chi connectivity index (χ3v) is 4.20. The summed E-state index contributed by atoms with van der Waals surface area (Å²) in [4.78, 5) is 10.9. The first-order valence-electron chi connectivity index (χ1n) is 5.61. The topological polar surface area (TPSA) is 83.5 Å². The number of anilines is 1. The molecule has 0 spiro atoms. The summed E-state index contributed by atoms with van der Waals surface area (Å²) < 4.78 is 39.2. The SMILES string of the molecule is O=C(O)c1cc(Cl)ccc1NS(=O)(=O)c1ccc(F)cc1. The number of hydrogen-bond acceptors (Lipinski definition) is 3. The van der Waals surface area contributed by atoms with E-state index in [4.69, 9.17) is 16.7 Å². The van der Waals surface area contributed by atoms with Crippen molar-refractivity contribution >= 4 is 33.3 Å². The van der Waals surface area contributed by atoms with Crippen molar-refractivity contribution in [2.75, 3.05) is 4.72 Å². The van der Waals surface area contributed by atoms with Crippen LogP contribution in [0.1, 0.15) is 10.4 Å². The van der Waals surface area contributed by atoms with Crippen molar-refractivity contribution in [3.8, 4) is 0 Å². The highest BCUT2D eigenvalue weighted by molar-refractivity contribution is 7.92. The van der Waals surface area contributed by atoms with Gasteiger partial charge in [-0.3, -0.25) is 4.72 Å². The summed E-state index contributed by atoms with van der Waals surface area (Å²) in [6.45, 7) is 0. The van der Waals surface area contributed by atoms with Crippen LogP contribution >= 0.6 is 11.6 Å². The van der Waals surface area contributed by atoms with Crippen molar-refractivity contribution < 1.29 is 22.7 Å². The van der Waals surface area contributed by atoms with Gasteiger partial charge in [0, 0.05) is 5.02 Å². The number of benzene rings is 2. The summed E-state index contributed by atoms with van der Waals surface area (Å²) in [5.41, 5.74) is -0.413.